The number of aryl methyl sites for hydroxylation is 2. The number of carbonyl (C=O) groups is 1. The van der Waals surface area contributed by atoms with E-state index in [1.165, 1.54) is 35.6 Å². The van der Waals surface area contributed by atoms with Crippen molar-refractivity contribution in [1.82, 2.24) is 4.98 Å². The number of aromatic nitrogens is 1. The predicted molar refractivity (Wildman–Crippen MR) is 115 cm³/mol. The number of amides is 1. The molecule has 0 atom stereocenters. The molecule has 1 heterocycles. The van der Waals surface area contributed by atoms with Gasteiger partial charge in [-0.15, -0.1) is 11.3 Å². The van der Waals surface area contributed by atoms with Crippen molar-refractivity contribution in [1.29, 1.82) is 0 Å². The second-order valence-electron chi connectivity index (χ2n) is 6.76. The molecule has 1 amide bonds. The number of alkyl halides is 2. The van der Waals surface area contributed by atoms with Gasteiger partial charge in [-0.3, -0.25) is 4.79 Å². The van der Waals surface area contributed by atoms with Gasteiger partial charge in [0.25, 0.3) is 0 Å². The standard InChI is InChI=1S/C21H20F2N2O4S2/c1-13-3-9-17(10-4-13)31(27,28)12-11-18(26)24-21-25-19(14(2)30-21)15-5-7-16(8-6-15)29-20(22)23/h3-10,20H,11-12H2,1-2H3,(H,24,25,26). The molecule has 3 aromatic rings. The monoisotopic (exact) mass is 466 g/mol. The molecule has 0 saturated heterocycles. The van der Waals surface area contributed by atoms with Gasteiger partial charge in [0.15, 0.2) is 15.0 Å². The van der Waals surface area contributed by atoms with E-state index in [9.17, 15) is 22.0 Å². The fourth-order valence-corrected chi connectivity index (χ4v) is 4.88. The summed E-state index contributed by atoms with van der Waals surface area (Å²) in [6, 6.07) is 12.5. The average Bonchev–Trinajstić information content (AvgIpc) is 3.07. The minimum atomic E-state index is -3.57. The summed E-state index contributed by atoms with van der Waals surface area (Å²) in [7, 11) is -3.57. The van der Waals surface area contributed by atoms with Crippen LogP contribution < -0.4 is 10.1 Å². The lowest BCUT2D eigenvalue weighted by Gasteiger charge is -2.05. The van der Waals surface area contributed by atoms with Gasteiger partial charge in [-0.1, -0.05) is 17.7 Å². The zero-order valence-electron chi connectivity index (χ0n) is 16.8. The highest BCUT2D eigenvalue weighted by molar-refractivity contribution is 7.91. The molecule has 6 nitrogen and oxygen atoms in total. The van der Waals surface area contributed by atoms with Gasteiger partial charge in [-0.05, 0) is 50.2 Å². The molecule has 1 aromatic heterocycles. The fourth-order valence-electron chi connectivity index (χ4n) is 2.78. The Bertz CT molecular complexity index is 1160. The van der Waals surface area contributed by atoms with Crippen molar-refractivity contribution in [3.8, 4) is 17.0 Å². The smallest absolute Gasteiger partial charge is 0.387 e. The van der Waals surface area contributed by atoms with Crippen LogP contribution in [0.3, 0.4) is 0 Å². The normalized spacial score (nSPS) is 11.5. The summed E-state index contributed by atoms with van der Waals surface area (Å²) < 4.78 is 53.6. The molecule has 0 bridgehead atoms. The molecule has 0 unspecified atom stereocenters. The van der Waals surface area contributed by atoms with Crippen LogP contribution in [-0.2, 0) is 14.6 Å². The summed E-state index contributed by atoms with van der Waals surface area (Å²) in [5.74, 6) is -0.739. The summed E-state index contributed by atoms with van der Waals surface area (Å²) in [6.07, 6.45) is -0.205. The van der Waals surface area contributed by atoms with E-state index in [4.69, 9.17) is 0 Å². The van der Waals surface area contributed by atoms with Crippen LogP contribution in [0.2, 0.25) is 0 Å². The number of carbonyl (C=O) groups excluding carboxylic acids is 1. The Hall–Kier alpha value is -2.85. The lowest BCUT2D eigenvalue weighted by Crippen LogP contribution is -2.17. The first-order chi connectivity index (χ1) is 14.6. The van der Waals surface area contributed by atoms with Crippen LogP contribution in [0.1, 0.15) is 16.9 Å². The number of hydrogen-bond acceptors (Lipinski definition) is 6. The van der Waals surface area contributed by atoms with E-state index in [2.05, 4.69) is 15.0 Å². The molecule has 0 aliphatic rings. The maximum atomic E-state index is 12.4. The zero-order chi connectivity index (χ0) is 22.6. The minimum Gasteiger partial charge on any atom is -0.435 e. The predicted octanol–water partition coefficient (Wildman–Crippen LogP) is 4.83. The lowest BCUT2D eigenvalue weighted by molar-refractivity contribution is -0.115. The number of halogens is 2. The largest absolute Gasteiger partial charge is 0.435 e. The van der Waals surface area contributed by atoms with E-state index in [-0.39, 0.29) is 22.8 Å². The number of hydrogen-bond donors (Lipinski definition) is 1. The molecular formula is C21H20F2N2O4S2. The van der Waals surface area contributed by atoms with E-state index in [1.54, 1.807) is 24.3 Å². The van der Waals surface area contributed by atoms with Crippen LogP contribution in [0.5, 0.6) is 5.75 Å². The van der Waals surface area contributed by atoms with E-state index in [0.717, 1.165) is 10.4 Å². The Morgan fingerprint density at radius 2 is 1.74 bits per heavy atom. The van der Waals surface area contributed by atoms with Gasteiger partial charge in [0.05, 0.1) is 16.3 Å². The lowest BCUT2D eigenvalue weighted by atomic mass is 10.1. The Morgan fingerprint density at radius 3 is 2.35 bits per heavy atom. The number of thiazole rings is 1. The molecule has 0 aliphatic carbocycles. The van der Waals surface area contributed by atoms with Crippen LogP contribution in [0.15, 0.2) is 53.4 Å². The van der Waals surface area contributed by atoms with E-state index < -0.39 is 22.4 Å². The van der Waals surface area contributed by atoms with Gasteiger partial charge in [-0.25, -0.2) is 13.4 Å². The van der Waals surface area contributed by atoms with Gasteiger partial charge < -0.3 is 10.1 Å². The van der Waals surface area contributed by atoms with Crippen molar-refractivity contribution < 1.29 is 26.7 Å². The van der Waals surface area contributed by atoms with E-state index in [1.807, 2.05) is 13.8 Å². The third-order valence-electron chi connectivity index (χ3n) is 4.37. The molecular weight excluding hydrogens is 446 g/mol. The minimum absolute atomic E-state index is 0.0370. The first-order valence-electron chi connectivity index (χ1n) is 9.26. The van der Waals surface area contributed by atoms with Crippen LogP contribution >= 0.6 is 11.3 Å². The van der Waals surface area contributed by atoms with Gasteiger partial charge in [-0.2, -0.15) is 8.78 Å². The number of sulfone groups is 1. The first kappa shape index (κ1) is 22.8. The van der Waals surface area contributed by atoms with Crippen molar-refractivity contribution in [2.75, 3.05) is 11.1 Å². The molecule has 10 heteroatoms. The fraction of sp³-hybridized carbons (Fsp3) is 0.238. The Labute approximate surface area is 182 Å². The Kier molecular flexibility index (Phi) is 7.01. The van der Waals surface area contributed by atoms with E-state index >= 15 is 0 Å². The van der Waals surface area contributed by atoms with Crippen LogP contribution in [-0.4, -0.2) is 31.7 Å². The van der Waals surface area contributed by atoms with Gasteiger partial charge in [0.1, 0.15) is 5.75 Å². The second kappa shape index (κ2) is 9.52. The molecule has 0 saturated carbocycles. The first-order valence-corrected chi connectivity index (χ1v) is 11.7. The molecule has 2 aromatic carbocycles. The highest BCUT2D eigenvalue weighted by Gasteiger charge is 2.18. The number of benzene rings is 2. The summed E-state index contributed by atoms with van der Waals surface area (Å²) in [6.45, 7) is 0.775. The molecule has 0 spiro atoms. The molecule has 0 aliphatic heterocycles. The summed E-state index contributed by atoms with van der Waals surface area (Å²) in [5.41, 5.74) is 2.22. The molecule has 31 heavy (non-hydrogen) atoms. The Morgan fingerprint density at radius 1 is 1.10 bits per heavy atom. The second-order valence-corrected chi connectivity index (χ2v) is 10.1. The third-order valence-corrected chi connectivity index (χ3v) is 6.99. The molecule has 0 radical (unpaired) electrons. The third kappa shape index (κ3) is 6.08. The van der Waals surface area contributed by atoms with Crippen LogP contribution in [0.4, 0.5) is 13.9 Å². The van der Waals surface area contributed by atoms with Crippen molar-refractivity contribution >= 4 is 32.2 Å². The summed E-state index contributed by atoms with van der Waals surface area (Å²) in [4.78, 5) is 17.6. The number of nitrogens with zero attached hydrogens (tertiary/aromatic N) is 1. The molecule has 1 N–H and O–H groups in total. The molecule has 3 rings (SSSR count). The van der Waals surface area contributed by atoms with Crippen molar-refractivity contribution in [2.45, 2.75) is 31.8 Å². The van der Waals surface area contributed by atoms with Crippen molar-refractivity contribution in [3.63, 3.8) is 0 Å². The number of ether oxygens (including phenoxy) is 1. The number of anilines is 1. The number of nitrogens with one attached hydrogen (secondary N) is 1. The van der Waals surface area contributed by atoms with Gasteiger partial charge in [0.2, 0.25) is 5.91 Å². The highest BCUT2D eigenvalue weighted by atomic mass is 32.2. The van der Waals surface area contributed by atoms with E-state index in [0.29, 0.717) is 16.4 Å². The zero-order valence-corrected chi connectivity index (χ0v) is 18.4. The molecule has 164 valence electrons. The van der Waals surface area contributed by atoms with Crippen LogP contribution in [0.25, 0.3) is 11.3 Å². The number of rotatable bonds is 8. The quantitative estimate of drug-likeness (QED) is 0.514. The summed E-state index contributed by atoms with van der Waals surface area (Å²) >= 11 is 1.24. The maximum Gasteiger partial charge on any atom is 0.387 e. The topological polar surface area (TPSA) is 85.4 Å². The summed E-state index contributed by atoms with van der Waals surface area (Å²) in [5, 5.41) is 2.96. The SMILES string of the molecule is Cc1ccc(S(=O)(=O)CCC(=O)Nc2nc(-c3ccc(OC(F)F)cc3)c(C)s2)cc1. The van der Waals surface area contributed by atoms with Gasteiger partial charge >= 0.3 is 6.61 Å². The average molecular weight is 467 g/mol. The van der Waals surface area contributed by atoms with Crippen LogP contribution in [0, 0.1) is 13.8 Å². The maximum absolute atomic E-state index is 12.4. The molecule has 0 fully saturated rings. The van der Waals surface area contributed by atoms with Crippen molar-refractivity contribution in [3.05, 3.63) is 59.0 Å². The Balaban J connectivity index is 1.63. The highest BCUT2D eigenvalue weighted by Crippen LogP contribution is 2.31. The van der Waals surface area contributed by atoms with Gasteiger partial charge in [0, 0.05) is 16.9 Å². The van der Waals surface area contributed by atoms with Crippen molar-refractivity contribution in [2.24, 2.45) is 0 Å².